The van der Waals surface area contributed by atoms with Crippen LogP contribution in [0, 0.1) is 5.92 Å². The predicted octanol–water partition coefficient (Wildman–Crippen LogP) is 1.97. The number of alkyl halides is 3. The van der Waals surface area contributed by atoms with E-state index in [4.69, 9.17) is 4.74 Å². The number of halogens is 3. The lowest BCUT2D eigenvalue weighted by molar-refractivity contribution is -0.184. The lowest BCUT2D eigenvalue weighted by Crippen LogP contribution is -2.28. The standard InChI is InChI=1S/C6H9F3O/c1-4-5(2-3-10-4)6(7,8)9/h4-5H,2-3H2,1H3. The van der Waals surface area contributed by atoms with E-state index in [1.165, 1.54) is 6.92 Å². The summed E-state index contributed by atoms with van der Waals surface area (Å²) in [4.78, 5) is 0. The van der Waals surface area contributed by atoms with Crippen molar-refractivity contribution in [3.05, 3.63) is 0 Å². The average molecular weight is 154 g/mol. The number of hydrogen-bond donors (Lipinski definition) is 0. The minimum Gasteiger partial charge on any atom is -0.378 e. The van der Waals surface area contributed by atoms with Crippen molar-refractivity contribution in [3.63, 3.8) is 0 Å². The molecule has 0 saturated carbocycles. The van der Waals surface area contributed by atoms with E-state index in [2.05, 4.69) is 0 Å². The number of hydrogen-bond acceptors (Lipinski definition) is 1. The molecule has 4 heteroatoms. The third-order valence-electron chi connectivity index (χ3n) is 1.80. The van der Waals surface area contributed by atoms with Gasteiger partial charge in [-0.1, -0.05) is 0 Å². The first kappa shape index (κ1) is 7.85. The molecule has 1 rings (SSSR count). The summed E-state index contributed by atoms with van der Waals surface area (Å²) in [7, 11) is 0. The van der Waals surface area contributed by atoms with Crippen LogP contribution in [0.4, 0.5) is 13.2 Å². The molecule has 1 heterocycles. The van der Waals surface area contributed by atoms with E-state index in [-0.39, 0.29) is 13.0 Å². The molecule has 0 aromatic heterocycles. The van der Waals surface area contributed by atoms with Crippen LogP contribution in [0.25, 0.3) is 0 Å². The van der Waals surface area contributed by atoms with Gasteiger partial charge < -0.3 is 4.74 Å². The van der Waals surface area contributed by atoms with Gasteiger partial charge in [0.25, 0.3) is 0 Å². The Morgan fingerprint density at radius 2 is 2.00 bits per heavy atom. The van der Waals surface area contributed by atoms with Gasteiger partial charge >= 0.3 is 6.18 Å². The lowest BCUT2D eigenvalue weighted by atomic mass is 10.0. The number of ether oxygens (including phenoxy) is 1. The molecule has 0 radical (unpaired) electrons. The summed E-state index contributed by atoms with van der Waals surface area (Å²) in [5, 5.41) is 0. The first-order valence-electron chi connectivity index (χ1n) is 3.20. The van der Waals surface area contributed by atoms with Gasteiger partial charge in [-0.3, -0.25) is 0 Å². The summed E-state index contributed by atoms with van der Waals surface area (Å²) in [5.74, 6) is -1.24. The Labute approximate surface area is 57.2 Å². The second-order valence-corrected chi connectivity index (χ2v) is 2.51. The molecule has 1 saturated heterocycles. The van der Waals surface area contributed by atoms with Crippen molar-refractivity contribution in [1.29, 1.82) is 0 Å². The molecule has 1 aliphatic heterocycles. The van der Waals surface area contributed by atoms with Crippen molar-refractivity contribution in [1.82, 2.24) is 0 Å². The van der Waals surface area contributed by atoms with Gasteiger partial charge in [0.1, 0.15) is 0 Å². The molecule has 10 heavy (non-hydrogen) atoms. The monoisotopic (exact) mass is 154 g/mol. The molecule has 1 aliphatic rings. The zero-order valence-corrected chi connectivity index (χ0v) is 5.61. The zero-order chi connectivity index (χ0) is 7.78. The van der Waals surface area contributed by atoms with Gasteiger partial charge in [-0.2, -0.15) is 13.2 Å². The highest BCUT2D eigenvalue weighted by molar-refractivity contribution is 4.78. The highest BCUT2D eigenvalue weighted by atomic mass is 19.4. The highest BCUT2D eigenvalue weighted by Crippen LogP contribution is 2.36. The summed E-state index contributed by atoms with van der Waals surface area (Å²) in [6.07, 6.45) is -4.61. The normalized spacial score (nSPS) is 34.8. The van der Waals surface area contributed by atoms with E-state index in [9.17, 15) is 13.2 Å². The fraction of sp³-hybridized carbons (Fsp3) is 1.00. The molecule has 2 unspecified atom stereocenters. The van der Waals surface area contributed by atoms with Gasteiger partial charge in [0, 0.05) is 6.61 Å². The molecule has 0 N–H and O–H groups in total. The largest absolute Gasteiger partial charge is 0.394 e. The summed E-state index contributed by atoms with van der Waals surface area (Å²) in [5.41, 5.74) is 0. The maximum Gasteiger partial charge on any atom is 0.394 e. The molecule has 0 aliphatic carbocycles. The Morgan fingerprint density at radius 3 is 2.20 bits per heavy atom. The van der Waals surface area contributed by atoms with Gasteiger partial charge in [-0.05, 0) is 13.3 Å². The van der Waals surface area contributed by atoms with Crippen LogP contribution in [-0.2, 0) is 4.74 Å². The molecule has 0 aromatic carbocycles. The molecule has 1 fully saturated rings. The Hall–Kier alpha value is -0.250. The third-order valence-corrected chi connectivity index (χ3v) is 1.80. The molecule has 0 amide bonds. The molecule has 2 atom stereocenters. The molecule has 0 aromatic rings. The first-order valence-corrected chi connectivity index (χ1v) is 3.20. The van der Waals surface area contributed by atoms with E-state index in [0.717, 1.165) is 0 Å². The fourth-order valence-electron chi connectivity index (χ4n) is 1.16. The number of rotatable bonds is 0. The van der Waals surface area contributed by atoms with Crippen LogP contribution in [0.1, 0.15) is 13.3 Å². The Bertz CT molecular complexity index is 121. The summed E-state index contributed by atoms with van der Waals surface area (Å²) in [6, 6.07) is 0. The minimum atomic E-state index is -4.07. The Morgan fingerprint density at radius 1 is 1.40 bits per heavy atom. The van der Waals surface area contributed by atoms with Gasteiger partial charge in [-0.25, -0.2) is 0 Å². The second kappa shape index (κ2) is 2.42. The van der Waals surface area contributed by atoms with Crippen molar-refractivity contribution < 1.29 is 17.9 Å². The Balaban J connectivity index is 2.55. The summed E-state index contributed by atoms with van der Waals surface area (Å²) < 4.78 is 40.6. The van der Waals surface area contributed by atoms with Crippen LogP contribution in [0.5, 0.6) is 0 Å². The topological polar surface area (TPSA) is 9.23 Å². The van der Waals surface area contributed by atoms with Crippen LogP contribution < -0.4 is 0 Å². The van der Waals surface area contributed by atoms with Crippen LogP contribution in [-0.4, -0.2) is 18.9 Å². The van der Waals surface area contributed by atoms with Crippen LogP contribution in [0.2, 0.25) is 0 Å². The third kappa shape index (κ3) is 1.42. The predicted molar refractivity (Wildman–Crippen MR) is 29.6 cm³/mol. The van der Waals surface area contributed by atoms with Crippen LogP contribution in [0.15, 0.2) is 0 Å². The van der Waals surface area contributed by atoms with Crippen molar-refractivity contribution in [2.75, 3.05) is 6.61 Å². The average Bonchev–Trinajstić information content (AvgIpc) is 2.11. The fourth-order valence-corrected chi connectivity index (χ4v) is 1.16. The summed E-state index contributed by atoms with van der Waals surface area (Å²) in [6.45, 7) is 1.70. The molecule has 0 spiro atoms. The van der Waals surface area contributed by atoms with E-state index in [1.807, 2.05) is 0 Å². The van der Waals surface area contributed by atoms with Gasteiger partial charge in [0.15, 0.2) is 0 Å². The summed E-state index contributed by atoms with van der Waals surface area (Å²) >= 11 is 0. The lowest BCUT2D eigenvalue weighted by Gasteiger charge is -2.16. The smallest absolute Gasteiger partial charge is 0.378 e. The van der Waals surface area contributed by atoms with E-state index >= 15 is 0 Å². The first-order chi connectivity index (χ1) is 4.52. The van der Waals surface area contributed by atoms with Crippen molar-refractivity contribution in [2.24, 2.45) is 5.92 Å². The van der Waals surface area contributed by atoms with Crippen LogP contribution >= 0.6 is 0 Å². The maximum atomic E-state index is 11.9. The SMILES string of the molecule is CC1OCCC1C(F)(F)F. The molecule has 60 valence electrons. The zero-order valence-electron chi connectivity index (χ0n) is 5.61. The van der Waals surface area contributed by atoms with Crippen molar-refractivity contribution in [3.8, 4) is 0 Å². The van der Waals surface area contributed by atoms with E-state index in [1.54, 1.807) is 0 Å². The quantitative estimate of drug-likeness (QED) is 0.518. The van der Waals surface area contributed by atoms with Gasteiger partial charge in [0.2, 0.25) is 0 Å². The minimum absolute atomic E-state index is 0.116. The van der Waals surface area contributed by atoms with Crippen LogP contribution in [0.3, 0.4) is 0 Å². The van der Waals surface area contributed by atoms with Crippen molar-refractivity contribution in [2.45, 2.75) is 25.6 Å². The van der Waals surface area contributed by atoms with E-state index in [0.29, 0.717) is 0 Å². The molecule has 1 nitrogen and oxygen atoms in total. The van der Waals surface area contributed by atoms with E-state index < -0.39 is 18.2 Å². The molecular weight excluding hydrogens is 145 g/mol. The second-order valence-electron chi connectivity index (χ2n) is 2.51. The van der Waals surface area contributed by atoms with Gasteiger partial charge in [-0.15, -0.1) is 0 Å². The molecular formula is C6H9F3O. The van der Waals surface area contributed by atoms with Gasteiger partial charge in [0.05, 0.1) is 12.0 Å². The Kier molecular flexibility index (Phi) is 1.90. The van der Waals surface area contributed by atoms with Crippen molar-refractivity contribution >= 4 is 0 Å². The maximum absolute atomic E-state index is 11.9. The molecule has 0 bridgehead atoms. The highest BCUT2D eigenvalue weighted by Gasteiger charge is 2.45.